The summed E-state index contributed by atoms with van der Waals surface area (Å²) in [6, 6.07) is 3.51. The molecule has 1 aliphatic rings. The number of carbonyl (C=O) groups is 1. The molecule has 0 saturated heterocycles. The van der Waals surface area contributed by atoms with Gasteiger partial charge in [0.2, 0.25) is 5.91 Å². The number of aromatic nitrogens is 1. The summed E-state index contributed by atoms with van der Waals surface area (Å²) in [6.07, 6.45) is 2.84. The van der Waals surface area contributed by atoms with Gasteiger partial charge in [0.05, 0.1) is 0 Å². The summed E-state index contributed by atoms with van der Waals surface area (Å²) in [5, 5.41) is 2.50. The Morgan fingerprint density at radius 2 is 2.31 bits per heavy atom. The highest BCUT2D eigenvalue weighted by Crippen LogP contribution is 2.60. The van der Waals surface area contributed by atoms with Crippen molar-refractivity contribution in [3.8, 4) is 0 Å². The normalized spacial score (nSPS) is 26.2. The van der Waals surface area contributed by atoms with Gasteiger partial charge in [0.15, 0.2) is 0 Å². The van der Waals surface area contributed by atoms with E-state index in [1.165, 1.54) is 6.92 Å². The molecule has 1 aliphatic carbocycles. The van der Waals surface area contributed by atoms with E-state index in [9.17, 15) is 13.6 Å². The number of pyridine rings is 1. The number of rotatable bonds is 3. The Bertz CT molecular complexity index is 408. The molecule has 0 radical (unpaired) electrons. The minimum Gasteiger partial charge on any atom is -0.351 e. The summed E-state index contributed by atoms with van der Waals surface area (Å²) >= 11 is 0. The maximum Gasteiger partial charge on any atom is 0.263 e. The molecule has 1 fully saturated rings. The number of halogens is 2. The van der Waals surface area contributed by atoms with Crippen molar-refractivity contribution in [2.24, 2.45) is 5.41 Å². The Balaban J connectivity index is 1.91. The van der Waals surface area contributed by atoms with Gasteiger partial charge in [-0.15, -0.1) is 0 Å². The van der Waals surface area contributed by atoms with Crippen LogP contribution in [-0.4, -0.2) is 16.8 Å². The molecule has 1 aromatic rings. The largest absolute Gasteiger partial charge is 0.351 e. The molecule has 16 heavy (non-hydrogen) atoms. The van der Waals surface area contributed by atoms with Crippen LogP contribution in [0.4, 0.5) is 8.78 Å². The molecule has 2 rings (SSSR count). The Kier molecular flexibility index (Phi) is 2.40. The second-order valence-electron chi connectivity index (χ2n) is 4.26. The molecule has 1 saturated carbocycles. The molecule has 0 spiro atoms. The fraction of sp³-hybridized carbons (Fsp3) is 0.455. The van der Waals surface area contributed by atoms with Crippen LogP contribution in [-0.2, 0) is 11.3 Å². The van der Waals surface area contributed by atoms with Crippen molar-refractivity contribution < 1.29 is 13.6 Å². The van der Waals surface area contributed by atoms with Crippen LogP contribution in [0.2, 0.25) is 0 Å². The molecule has 0 bridgehead atoms. The second kappa shape index (κ2) is 3.50. The monoisotopic (exact) mass is 226 g/mol. The molecule has 1 unspecified atom stereocenters. The number of amides is 1. The third-order valence-corrected chi connectivity index (χ3v) is 2.93. The van der Waals surface area contributed by atoms with E-state index < -0.39 is 17.2 Å². The zero-order valence-electron chi connectivity index (χ0n) is 8.84. The molecule has 86 valence electrons. The van der Waals surface area contributed by atoms with Crippen LogP contribution in [0.3, 0.4) is 0 Å². The Labute approximate surface area is 91.9 Å². The van der Waals surface area contributed by atoms with Crippen LogP contribution in [0.15, 0.2) is 24.5 Å². The average Bonchev–Trinajstić information content (AvgIpc) is 2.78. The van der Waals surface area contributed by atoms with Crippen molar-refractivity contribution in [1.29, 1.82) is 0 Å². The van der Waals surface area contributed by atoms with Gasteiger partial charge in [-0.05, 0) is 18.6 Å². The second-order valence-corrected chi connectivity index (χ2v) is 4.26. The third-order valence-electron chi connectivity index (χ3n) is 2.93. The van der Waals surface area contributed by atoms with E-state index >= 15 is 0 Å². The number of nitrogens with one attached hydrogen (secondary N) is 1. The van der Waals surface area contributed by atoms with Crippen LogP contribution < -0.4 is 5.32 Å². The van der Waals surface area contributed by atoms with Gasteiger partial charge in [-0.25, -0.2) is 8.78 Å². The summed E-state index contributed by atoms with van der Waals surface area (Å²) < 4.78 is 25.8. The first-order chi connectivity index (χ1) is 7.46. The number of alkyl halides is 2. The van der Waals surface area contributed by atoms with Crippen LogP contribution in [0.5, 0.6) is 0 Å². The average molecular weight is 226 g/mol. The van der Waals surface area contributed by atoms with Gasteiger partial charge in [-0.2, -0.15) is 0 Å². The number of hydrogen-bond acceptors (Lipinski definition) is 2. The number of nitrogens with zero attached hydrogens (tertiary/aromatic N) is 1. The van der Waals surface area contributed by atoms with Gasteiger partial charge in [-0.3, -0.25) is 9.78 Å². The molecule has 1 aromatic heterocycles. The maximum atomic E-state index is 12.9. The van der Waals surface area contributed by atoms with Crippen molar-refractivity contribution in [1.82, 2.24) is 10.3 Å². The van der Waals surface area contributed by atoms with E-state index in [2.05, 4.69) is 10.3 Å². The first-order valence-corrected chi connectivity index (χ1v) is 5.01. The lowest BCUT2D eigenvalue weighted by atomic mass is 10.1. The quantitative estimate of drug-likeness (QED) is 0.853. The summed E-state index contributed by atoms with van der Waals surface area (Å²) in [4.78, 5) is 15.4. The number of carbonyl (C=O) groups excluding carboxylic acids is 1. The Morgan fingerprint density at radius 3 is 2.81 bits per heavy atom. The van der Waals surface area contributed by atoms with E-state index in [1.807, 2.05) is 0 Å². The molecular formula is C11H12F2N2O. The third kappa shape index (κ3) is 1.77. The van der Waals surface area contributed by atoms with E-state index in [1.54, 1.807) is 24.5 Å². The summed E-state index contributed by atoms with van der Waals surface area (Å²) in [7, 11) is 0. The number of hydrogen-bond donors (Lipinski definition) is 1. The minimum atomic E-state index is -2.86. The summed E-state index contributed by atoms with van der Waals surface area (Å²) in [6.45, 7) is 1.52. The topological polar surface area (TPSA) is 42.0 Å². The van der Waals surface area contributed by atoms with E-state index in [4.69, 9.17) is 0 Å². The van der Waals surface area contributed by atoms with Crippen LogP contribution in [0.1, 0.15) is 18.9 Å². The van der Waals surface area contributed by atoms with Crippen molar-refractivity contribution in [2.45, 2.75) is 25.8 Å². The first-order valence-electron chi connectivity index (χ1n) is 5.01. The molecule has 0 aromatic carbocycles. The van der Waals surface area contributed by atoms with Gasteiger partial charge >= 0.3 is 0 Å². The predicted molar refractivity (Wildman–Crippen MR) is 53.8 cm³/mol. The summed E-state index contributed by atoms with van der Waals surface area (Å²) in [5.41, 5.74) is -0.724. The van der Waals surface area contributed by atoms with Crippen molar-refractivity contribution in [2.75, 3.05) is 0 Å². The van der Waals surface area contributed by atoms with Gasteiger partial charge in [-0.1, -0.05) is 6.07 Å². The van der Waals surface area contributed by atoms with Gasteiger partial charge in [0.1, 0.15) is 5.41 Å². The molecule has 5 heteroatoms. The lowest BCUT2D eigenvalue weighted by Gasteiger charge is -2.10. The highest BCUT2D eigenvalue weighted by Gasteiger charge is 2.72. The first kappa shape index (κ1) is 11.0. The lowest BCUT2D eigenvalue weighted by molar-refractivity contribution is -0.129. The van der Waals surface area contributed by atoms with Crippen molar-refractivity contribution in [3.05, 3.63) is 30.1 Å². The smallest absolute Gasteiger partial charge is 0.263 e. The van der Waals surface area contributed by atoms with Gasteiger partial charge in [0, 0.05) is 25.4 Å². The molecule has 1 atom stereocenters. The summed E-state index contributed by atoms with van der Waals surface area (Å²) in [5.74, 6) is -3.45. The van der Waals surface area contributed by atoms with Crippen LogP contribution in [0.25, 0.3) is 0 Å². The molecule has 1 N–H and O–H groups in total. The van der Waals surface area contributed by atoms with Crippen LogP contribution >= 0.6 is 0 Å². The van der Waals surface area contributed by atoms with Crippen molar-refractivity contribution >= 4 is 5.91 Å². The standard InChI is InChI=1S/C11H12F2N2O/c1-10(7-11(10,12)13)9(16)15-6-8-3-2-4-14-5-8/h2-5H,6-7H2,1H3,(H,15,16). The lowest BCUT2D eigenvalue weighted by Crippen LogP contribution is -2.33. The predicted octanol–water partition coefficient (Wildman–Crippen LogP) is 1.74. The van der Waals surface area contributed by atoms with E-state index in [0.29, 0.717) is 0 Å². The molecule has 1 heterocycles. The fourth-order valence-electron chi connectivity index (χ4n) is 1.53. The Hall–Kier alpha value is -1.52. The Morgan fingerprint density at radius 1 is 1.62 bits per heavy atom. The maximum absolute atomic E-state index is 12.9. The van der Waals surface area contributed by atoms with Gasteiger partial charge in [0.25, 0.3) is 5.92 Å². The zero-order valence-corrected chi connectivity index (χ0v) is 8.84. The molecular weight excluding hydrogens is 214 g/mol. The van der Waals surface area contributed by atoms with Crippen molar-refractivity contribution in [3.63, 3.8) is 0 Å². The highest BCUT2D eigenvalue weighted by atomic mass is 19.3. The van der Waals surface area contributed by atoms with E-state index in [-0.39, 0.29) is 13.0 Å². The van der Waals surface area contributed by atoms with Gasteiger partial charge < -0.3 is 5.32 Å². The molecule has 1 amide bonds. The molecule has 3 nitrogen and oxygen atoms in total. The minimum absolute atomic E-state index is 0.234. The van der Waals surface area contributed by atoms with Crippen LogP contribution in [0, 0.1) is 5.41 Å². The SMILES string of the molecule is CC1(C(=O)NCc2cccnc2)CC1(F)F. The fourth-order valence-corrected chi connectivity index (χ4v) is 1.53. The molecule has 0 aliphatic heterocycles. The van der Waals surface area contributed by atoms with E-state index in [0.717, 1.165) is 5.56 Å². The zero-order chi connectivity index (χ0) is 11.8. The highest BCUT2D eigenvalue weighted by molar-refractivity contribution is 5.86.